The molecule has 1 atom stereocenters. The van der Waals surface area contributed by atoms with E-state index in [0.29, 0.717) is 18.0 Å². The van der Waals surface area contributed by atoms with E-state index >= 15 is 0 Å². The second kappa shape index (κ2) is 7.39. The first-order valence-corrected chi connectivity index (χ1v) is 10.5. The maximum atomic E-state index is 13.0. The van der Waals surface area contributed by atoms with Gasteiger partial charge in [-0.1, -0.05) is 48.0 Å². The Bertz CT molecular complexity index is 930. The molecule has 0 N–H and O–H groups in total. The largest absolute Gasteiger partial charge is 0.340 e. The molecule has 1 amide bonds. The summed E-state index contributed by atoms with van der Waals surface area (Å²) in [6.45, 7) is 0.589. The van der Waals surface area contributed by atoms with E-state index in [0.717, 1.165) is 22.9 Å². The molecule has 5 nitrogen and oxygen atoms in total. The van der Waals surface area contributed by atoms with Gasteiger partial charge in [0.2, 0.25) is 15.9 Å². The van der Waals surface area contributed by atoms with E-state index < -0.39 is 16.1 Å². The van der Waals surface area contributed by atoms with Crippen LogP contribution in [0, 0.1) is 0 Å². The number of benzene rings is 2. The lowest BCUT2D eigenvalue weighted by atomic mass is 9.95. The number of likely N-dealkylation sites (N-methyl/N-ethyl adjacent to an activating group) is 1. The number of fused-ring (bicyclic) bond motifs is 1. The summed E-state index contributed by atoms with van der Waals surface area (Å²) < 4.78 is 25.8. The van der Waals surface area contributed by atoms with E-state index in [2.05, 4.69) is 0 Å². The van der Waals surface area contributed by atoms with Crippen LogP contribution in [-0.2, 0) is 34.3 Å². The van der Waals surface area contributed by atoms with Gasteiger partial charge in [0.25, 0.3) is 0 Å². The van der Waals surface area contributed by atoms with Crippen LogP contribution < -0.4 is 0 Å². The number of amides is 1. The molecule has 0 bridgehead atoms. The highest BCUT2D eigenvalue weighted by atomic mass is 35.5. The molecule has 1 aliphatic heterocycles. The monoisotopic (exact) mass is 392 g/mol. The number of hydrogen-bond donors (Lipinski definition) is 0. The second-order valence-corrected chi connectivity index (χ2v) is 8.99. The minimum absolute atomic E-state index is 0.218. The highest BCUT2D eigenvalue weighted by Crippen LogP contribution is 2.26. The highest BCUT2D eigenvalue weighted by molar-refractivity contribution is 7.88. The van der Waals surface area contributed by atoms with Crippen molar-refractivity contribution >= 4 is 27.5 Å². The zero-order valence-electron chi connectivity index (χ0n) is 14.7. The topological polar surface area (TPSA) is 57.7 Å². The number of carbonyl (C=O) groups is 1. The Morgan fingerprint density at radius 3 is 2.54 bits per heavy atom. The lowest BCUT2D eigenvalue weighted by molar-refractivity contribution is -0.134. The molecule has 0 radical (unpaired) electrons. The van der Waals surface area contributed by atoms with Crippen LogP contribution in [0.3, 0.4) is 0 Å². The van der Waals surface area contributed by atoms with Gasteiger partial charge < -0.3 is 4.90 Å². The van der Waals surface area contributed by atoms with E-state index in [1.807, 2.05) is 36.4 Å². The molecule has 2 aromatic carbocycles. The summed E-state index contributed by atoms with van der Waals surface area (Å²) in [6.07, 6.45) is 1.53. The Morgan fingerprint density at radius 1 is 1.19 bits per heavy atom. The summed E-state index contributed by atoms with van der Waals surface area (Å²) >= 11 is 6.00. The van der Waals surface area contributed by atoms with Gasteiger partial charge in [0.15, 0.2) is 0 Å². The van der Waals surface area contributed by atoms with Gasteiger partial charge in [0.1, 0.15) is 6.04 Å². The molecule has 1 unspecified atom stereocenters. The van der Waals surface area contributed by atoms with Crippen molar-refractivity contribution in [1.29, 1.82) is 0 Å². The number of rotatable bonds is 4. The third-order valence-electron chi connectivity index (χ3n) is 4.60. The predicted octanol–water partition coefficient (Wildman–Crippen LogP) is 2.68. The molecular weight excluding hydrogens is 372 g/mol. The van der Waals surface area contributed by atoms with Gasteiger partial charge in [-0.2, -0.15) is 4.31 Å². The fourth-order valence-corrected chi connectivity index (χ4v) is 4.51. The van der Waals surface area contributed by atoms with E-state index in [-0.39, 0.29) is 12.5 Å². The molecule has 0 aliphatic carbocycles. The van der Waals surface area contributed by atoms with Crippen molar-refractivity contribution in [2.45, 2.75) is 25.6 Å². The minimum Gasteiger partial charge on any atom is -0.340 e. The third-order valence-corrected chi connectivity index (χ3v) is 6.07. The van der Waals surface area contributed by atoms with Crippen molar-refractivity contribution in [3.05, 3.63) is 70.2 Å². The summed E-state index contributed by atoms with van der Waals surface area (Å²) in [5.41, 5.74) is 2.86. The van der Waals surface area contributed by atoms with Crippen molar-refractivity contribution in [1.82, 2.24) is 9.21 Å². The van der Waals surface area contributed by atoms with Crippen LogP contribution in [0.4, 0.5) is 0 Å². The van der Waals surface area contributed by atoms with E-state index in [4.69, 9.17) is 11.6 Å². The molecule has 0 saturated carbocycles. The van der Waals surface area contributed by atoms with Gasteiger partial charge in [-0.15, -0.1) is 0 Å². The molecule has 0 fully saturated rings. The lowest BCUT2D eigenvalue weighted by Crippen LogP contribution is -2.52. The van der Waals surface area contributed by atoms with Crippen LogP contribution in [0.15, 0.2) is 48.5 Å². The fraction of sp³-hybridized carbons (Fsp3) is 0.316. The first kappa shape index (κ1) is 18.9. The molecule has 3 rings (SSSR count). The van der Waals surface area contributed by atoms with E-state index in [1.54, 1.807) is 24.1 Å². The fourth-order valence-electron chi connectivity index (χ4n) is 3.30. The van der Waals surface area contributed by atoms with Crippen molar-refractivity contribution in [2.24, 2.45) is 0 Å². The van der Waals surface area contributed by atoms with Crippen LogP contribution in [0.25, 0.3) is 0 Å². The van der Waals surface area contributed by atoms with Gasteiger partial charge in [-0.25, -0.2) is 8.42 Å². The average Bonchev–Trinajstić information content (AvgIpc) is 2.59. The van der Waals surface area contributed by atoms with E-state index in [9.17, 15) is 13.2 Å². The summed E-state index contributed by atoms with van der Waals surface area (Å²) in [5, 5.41) is 0.604. The molecule has 0 saturated heterocycles. The van der Waals surface area contributed by atoms with E-state index in [1.165, 1.54) is 4.31 Å². The van der Waals surface area contributed by atoms with Gasteiger partial charge in [0.05, 0.1) is 6.26 Å². The smallest absolute Gasteiger partial charge is 0.241 e. The highest BCUT2D eigenvalue weighted by Gasteiger charge is 2.38. The van der Waals surface area contributed by atoms with Gasteiger partial charge in [-0.05, 0) is 35.2 Å². The van der Waals surface area contributed by atoms with Crippen molar-refractivity contribution < 1.29 is 13.2 Å². The number of carbonyl (C=O) groups excluding carboxylic acids is 1. The molecular formula is C19H21ClN2O3S. The predicted molar refractivity (Wildman–Crippen MR) is 102 cm³/mol. The van der Waals surface area contributed by atoms with Gasteiger partial charge in [0, 0.05) is 25.2 Å². The molecule has 0 aromatic heterocycles. The Morgan fingerprint density at radius 2 is 1.88 bits per heavy atom. The molecule has 1 heterocycles. The first-order chi connectivity index (χ1) is 12.3. The summed E-state index contributed by atoms with van der Waals surface area (Å²) in [5.74, 6) is -0.218. The third kappa shape index (κ3) is 4.09. The summed E-state index contributed by atoms with van der Waals surface area (Å²) in [7, 11) is -1.83. The Kier molecular flexibility index (Phi) is 5.37. The van der Waals surface area contributed by atoms with Crippen molar-refractivity contribution in [3.8, 4) is 0 Å². The van der Waals surface area contributed by atoms with Crippen LogP contribution in [0.2, 0.25) is 5.02 Å². The maximum Gasteiger partial charge on any atom is 0.241 e. The molecule has 1 aliphatic rings. The maximum absolute atomic E-state index is 13.0. The van der Waals surface area contributed by atoms with Crippen LogP contribution >= 0.6 is 11.6 Å². The summed E-state index contributed by atoms with van der Waals surface area (Å²) in [4.78, 5) is 14.6. The Labute approximate surface area is 159 Å². The number of halogens is 1. The minimum atomic E-state index is -3.51. The second-order valence-electron chi connectivity index (χ2n) is 6.62. The van der Waals surface area contributed by atoms with Crippen molar-refractivity contribution in [2.75, 3.05) is 13.3 Å². The van der Waals surface area contributed by atoms with Crippen LogP contribution in [0.1, 0.15) is 16.7 Å². The molecule has 0 spiro atoms. The first-order valence-electron chi connectivity index (χ1n) is 8.29. The molecule has 138 valence electrons. The SMILES string of the molecule is CN(Cc1cccc(Cl)c1)C(=O)C1Cc2ccccc2CN1S(C)(=O)=O. The molecule has 7 heteroatoms. The van der Waals surface area contributed by atoms with Gasteiger partial charge in [-0.3, -0.25) is 4.79 Å². The standard InChI is InChI=1S/C19H21ClN2O3S/c1-21(12-14-6-5-9-17(20)10-14)19(23)18-11-15-7-3-4-8-16(15)13-22(18)26(2,24)25/h3-10,18H,11-13H2,1-2H3. The number of sulfonamides is 1. The number of hydrogen-bond acceptors (Lipinski definition) is 3. The molecule has 2 aromatic rings. The van der Waals surface area contributed by atoms with Crippen LogP contribution in [-0.4, -0.2) is 42.9 Å². The zero-order chi connectivity index (χ0) is 18.9. The average molecular weight is 393 g/mol. The quantitative estimate of drug-likeness (QED) is 0.803. The van der Waals surface area contributed by atoms with Crippen LogP contribution in [0.5, 0.6) is 0 Å². The van der Waals surface area contributed by atoms with Crippen molar-refractivity contribution in [3.63, 3.8) is 0 Å². The molecule has 26 heavy (non-hydrogen) atoms. The lowest BCUT2D eigenvalue weighted by Gasteiger charge is -2.36. The van der Waals surface area contributed by atoms with Gasteiger partial charge >= 0.3 is 0 Å². The Hall–Kier alpha value is -1.89. The number of nitrogens with zero attached hydrogens (tertiary/aromatic N) is 2. The normalized spacial score (nSPS) is 17.6. The Balaban J connectivity index is 1.86. The summed E-state index contributed by atoms with van der Waals surface area (Å²) in [6, 6.07) is 14.2. The zero-order valence-corrected chi connectivity index (χ0v) is 16.3.